The third kappa shape index (κ3) is 5.63. The molecule has 1 aliphatic heterocycles. The van der Waals surface area contributed by atoms with E-state index in [1.165, 1.54) is 18.2 Å². The van der Waals surface area contributed by atoms with E-state index in [0.29, 0.717) is 26.2 Å². The zero-order chi connectivity index (χ0) is 23.4. The van der Waals surface area contributed by atoms with Gasteiger partial charge in [0.2, 0.25) is 5.91 Å². The predicted octanol–water partition coefficient (Wildman–Crippen LogP) is 4.60. The molecular weight excluding hydrogens is 453 g/mol. The van der Waals surface area contributed by atoms with E-state index in [4.69, 9.17) is 9.72 Å². The minimum absolute atomic E-state index is 0.0347. The van der Waals surface area contributed by atoms with Crippen LogP contribution in [0.4, 0.5) is 24.0 Å². The molecule has 174 valence electrons. The lowest BCUT2D eigenvalue weighted by atomic mass is 10.1. The second kappa shape index (κ2) is 9.80. The smallest absolute Gasteiger partial charge is 0.418 e. The third-order valence-corrected chi connectivity index (χ3v) is 6.28. The maximum Gasteiger partial charge on any atom is 0.418 e. The molecule has 1 aromatic heterocycles. The second-order valence-corrected chi connectivity index (χ2v) is 8.44. The molecular formula is C23H23F3N4O2S. The first-order valence-corrected chi connectivity index (χ1v) is 11.2. The summed E-state index contributed by atoms with van der Waals surface area (Å²) >= 11 is 1.55. The number of para-hydroxylation sites is 1. The van der Waals surface area contributed by atoms with Crippen LogP contribution in [0.25, 0.3) is 11.3 Å². The molecule has 1 saturated heterocycles. The molecule has 6 nitrogen and oxygen atoms in total. The van der Waals surface area contributed by atoms with Gasteiger partial charge in [0.1, 0.15) is 5.75 Å². The molecule has 10 heteroatoms. The molecule has 0 atom stereocenters. The van der Waals surface area contributed by atoms with E-state index in [1.807, 2.05) is 34.5 Å². The van der Waals surface area contributed by atoms with Crippen molar-refractivity contribution in [3.05, 3.63) is 59.5 Å². The summed E-state index contributed by atoms with van der Waals surface area (Å²) in [6.45, 7) is 2.62. The van der Waals surface area contributed by atoms with Gasteiger partial charge in [-0.15, -0.1) is 11.3 Å². The van der Waals surface area contributed by atoms with Gasteiger partial charge in [0.25, 0.3) is 0 Å². The first-order chi connectivity index (χ1) is 15.8. The third-order valence-electron chi connectivity index (χ3n) is 5.37. The van der Waals surface area contributed by atoms with Crippen molar-refractivity contribution in [2.45, 2.75) is 6.18 Å². The number of hydrogen-bond acceptors (Lipinski definition) is 6. The van der Waals surface area contributed by atoms with E-state index < -0.39 is 17.6 Å². The number of thiazole rings is 1. The van der Waals surface area contributed by atoms with Crippen molar-refractivity contribution in [2.24, 2.45) is 0 Å². The Morgan fingerprint density at radius 3 is 2.61 bits per heavy atom. The number of nitrogens with one attached hydrogen (secondary N) is 1. The van der Waals surface area contributed by atoms with Gasteiger partial charge < -0.3 is 15.0 Å². The number of amides is 1. The molecule has 1 amide bonds. The average Bonchev–Trinajstić information content (AvgIpc) is 3.29. The fraction of sp³-hybridized carbons (Fsp3) is 0.304. The lowest BCUT2D eigenvalue weighted by Crippen LogP contribution is -2.48. The van der Waals surface area contributed by atoms with Gasteiger partial charge in [-0.2, -0.15) is 13.2 Å². The van der Waals surface area contributed by atoms with Gasteiger partial charge in [-0.25, -0.2) is 4.98 Å². The summed E-state index contributed by atoms with van der Waals surface area (Å²) in [6, 6.07) is 12.7. The SMILES string of the molecule is COc1cccc(-c2csc(N3CCN(CC(=O)Nc4ccccc4C(F)(F)F)CC3)n2)c1. The first-order valence-electron chi connectivity index (χ1n) is 10.4. The Labute approximate surface area is 193 Å². The van der Waals surface area contributed by atoms with Gasteiger partial charge >= 0.3 is 6.18 Å². The van der Waals surface area contributed by atoms with Crippen LogP contribution >= 0.6 is 11.3 Å². The molecule has 2 aromatic carbocycles. The molecule has 1 aliphatic rings. The van der Waals surface area contributed by atoms with Gasteiger partial charge in [0, 0.05) is 37.1 Å². The van der Waals surface area contributed by atoms with Crippen molar-refractivity contribution in [3.63, 3.8) is 0 Å². The van der Waals surface area contributed by atoms with E-state index in [0.717, 1.165) is 28.2 Å². The fourth-order valence-corrected chi connectivity index (χ4v) is 4.54. The Kier molecular flexibility index (Phi) is 6.85. The number of anilines is 2. The van der Waals surface area contributed by atoms with Crippen molar-refractivity contribution in [2.75, 3.05) is 50.1 Å². The normalized spacial score (nSPS) is 14.8. The standard InChI is InChI=1S/C23H23F3N4O2S/c1-32-17-6-4-5-16(13-17)20-15-33-22(28-20)30-11-9-29(10-12-30)14-21(31)27-19-8-3-2-7-18(19)23(24,25)26/h2-8,13,15H,9-12,14H2,1H3,(H,27,31). The van der Waals surface area contributed by atoms with Gasteiger partial charge in [0.05, 0.1) is 30.6 Å². The number of nitrogens with zero attached hydrogens (tertiary/aromatic N) is 3. The molecule has 4 rings (SSSR count). The topological polar surface area (TPSA) is 57.7 Å². The van der Waals surface area contributed by atoms with E-state index in [2.05, 4.69) is 10.2 Å². The quantitative estimate of drug-likeness (QED) is 0.564. The number of piperazine rings is 1. The highest BCUT2D eigenvalue weighted by Gasteiger charge is 2.33. The number of ether oxygens (including phenoxy) is 1. The number of carbonyl (C=O) groups is 1. The minimum atomic E-state index is -4.52. The van der Waals surface area contributed by atoms with Gasteiger partial charge in [-0.3, -0.25) is 9.69 Å². The largest absolute Gasteiger partial charge is 0.497 e. The number of rotatable bonds is 6. The fourth-order valence-electron chi connectivity index (χ4n) is 3.65. The van der Waals surface area contributed by atoms with Crippen LogP contribution in [0.15, 0.2) is 53.9 Å². The van der Waals surface area contributed by atoms with E-state index in [-0.39, 0.29) is 12.2 Å². The first kappa shape index (κ1) is 23.1. The van der Waals surface area contributed by atoms with E-state index in [1.54, 1.807) is 18.4 Å². The zero-order valence-corrected chi connectivity index (χ0v) is 18.7. The molecule has 0 radical (unpaired) electrons. The molecule has 0 unspecified atom stereocenters. The van der Waals surface area contributed by atoms with Gasteiger partial charge in [0.15, 0.2) is 5.13 Å². The number of halogens is 3. The lowest BCUT2D eigenvalue weighted by Gasteiger charge is -2.34. The maximum absolute atomic E-state index is 13.1. The average molecular weight is 477 g/mol. The van der Waals surface area contributed by atoms with Crippen molar-refractivity contribution in [1.82, 2.24) is 9.88 Å². The molecule has 0 aliphatic carbocycles. The van der Waals surface area contributed by atoms with Crippen molar-refractivity contribution in [3.8, 4) is 17.0 Å². The van der Waals surface area contributed by atoms with E-state index in [9.17, 15) is 18.0 Å². The summed E-state index contributed by atoms with van der Waals surface area (Å²) in [6.07, 6.45) is -4.52. The predicted molar refractivity (Wildman–Crippen MR) is 123 cm³/mol. The van der Waals surface area contributed by atoms with Crippen LogP contribution in [0, 0.1) is 0 Å². The Bertz CT molecular complexity index is 1110. The van der Waals surface area contributed by atoms with Crippen LogP contribution in [-0.4, -0.2) is 55.6 Å². The highest BCUT2D eigenvalue weighted by atomic mass is 32.1. The highest BCUT2D eigenvalue weighted by Crippen LogP contribution is 2.34. The molecule has 33 heavy (non-hydrogen) atoms. The number of methoxy groups -OCH3 is 1. The number of aromatic nitrogens is 1. The lowest BCUT2D eigenvalue weighted by molar-refractivity contribution is -0.137. The van der Waals surface area contributed by atoms with Crippen LogP contribution in [0.2, 0.25) is 0 Å². The highest BCUT2D eigenvalue weighted by molar-refractivity contribution is 7.14. The minimum Gasteiger partial charge on any atom is -0.497 e. The van der Waals surface area contributed by atoms with Crippen molar-refractivity contribution < 1.29 is 22.7 Å². The number of alkyl halides is 3. The zero-order valence-electron chi connectivity index (χ0n) is 17.9. The van der Waals surface area contributed by atoms with Crippen LogP contribution in [0.1, 0.15) is 5.56 Å². The summed E-state index contributed by atoms with van der Waals surface area (Å²) in [5.74, 6) is 0.307. The molecule has 1 N–H and O–H groups in total. The van der Waals surface area contributed by atoms with Crippen LogP contribution in [-0.2, 0) is 11.0 Å². The summed E-state index contributed by atoms with van der Waals surface area (Å²) < 4.78 is 44.7. The molecule has 3 aromatic rings. The summed E-state index contributed by atoms with van der Waals surface area (Å²) in [5.41, 5.74) is 0.783. The number of hydrogen-bond donors (Lipinski definition) is 1. The molecule has 2 heterocycles. The van der Waals surface area contributed by atoms with E-state index >= 15 is 0 Å². The van der Waals surface area contributed by atoms with Crippen LogP contribution < -0.4 is 15.0 Å². The van der Waals surface area contributed by atoms with Gasteiger partial charge in [-0.05, 0) is 24.3 Å². The Morgan fingerprint density at radius 2 is 1.88 bits per heavy atom. The van der Waals surface area contributed by atoms with Gasteiger partial charge in [-0.1, -0.05) is 24.3 Å². The second-order valence-electron chi connectivity index (χ2n) is 7.60. The van der Waals surface area contributed by atoms with Crippen LogP contribution in [0.3, 0.4) is 0 Å². The Balaban J connectivity index is 1.32. The maximum atomic E-state index is 13.1. The Morgan fingerprint density at radius 1 is 1.12 bits per heavy atom. The summed E-state index contributed by atoms with van der Waals surface area (Å²) in [5, 5.41) is 5.30. The number of carbonyl (C=O) groups excluding carboxylic acids is 1. The van der Waals surface area contributed by atoms with Crippen LogP contribution in [0.5, 0.6) is 5.75 Å². The monoisotopic (exact) mass is 476 g/mol. The number of benzene rings is 2. The molecule has 0 bridgehead atoms. The summed E-state index contributed by atoms with van der Waals surface area (Å²) in [4.78, 5) is 21.2. The molecule has 0 spiro atoms. The van der Waals surface area contributed by atoms with Crippen molar-refractivity contribution in [1.29, 1.82) is 0 Å². The summed E-state index contributed by atoms with van der Waals surface area (Å²) in [7, 11) is 1.63. The Hall–Kier alpha value is -3.11. The molecule has 0 saturated carbocycles. The molecule has 1 fully saturated rings. The van der Waals surface area contributed by atoms with Crippen molar-refractivity contribution >= 4 is 28.1 Å².